The van der Waals surface area contributed by atoms with Crippen LogP contribution in [-0.2, 0) is 19.6 Å². The van der Waals surface area contributed by atoms with E-state index in [-0.39, 0.29) is 23.0 Å². The summed E-state index contributed by atoms with van der Waals surface area (Å²) in [5, 5.41) is 2.78. The lowest BCUT2D eigenvalue weighted by atomic mass is 10.0. The van der Waals surface area contributed by atoms with Gasteiger partial charge in [0, 0.05) is 6.04 Å². The summed E-state index contributed by atoms with van der Waals surface area (Å²) in [6, 6.07) is 5.32. The van der Waals surface area contributed by atoms with Crippen LogP contribution in [0.1, 0.15) is 50.4 Å². The topological polar surface area (TPSA) is 102 Å². The number of amides is 1. The normalized spacial score (nSPS) is 12.2. The SMILES string of the molecule is C#CCNS(=O)(=O)c1cccc(C(=O)OCC(=O)NC(C)CCCC(C)C)c1. The van der Waals surface area contributed by atoms with E-state index in [4.69, 9.17) is 11.2 Å². The Labute approximate surface area is 167 Å². The molecule has 0 radical (unpaired) electrons. The fourth-order valence-corrected chi connectivity index (χ4v) is 3.43. The van der Waals surface area contributed by atoms with E-state index in [0.29, 0.717) is 5.92 Å². The van der Waals surface area contributed by atoms with Gasteiger partial charge in [0.05, 0.1) is 17.0 Å². The van der Waals surface area contributed by atoms with E-state index in [1.165, 1.54) is 24.3 Å². The number of rotatable bonds is 11. The van der Waals surface area contributed by atoms with Gasteiger partial charge in [-0.05, 0) is 37.5 Å². The van der Waals surface area contributed by atoms with Gasteiger partial charge in [-0.15, -0.1) is 6.42 Å². The van der Waals surface area contributed by atoms with Gasteiger partial charge in [-0.3, -0.25) is 4.79 Å². The Kier molecular flexibility index (Phi) is 9.69. The van der Waals surface area contributed by atoms with Gasteiger partial charge in [0.1, 0.15) is 0 Å². The van der Waals surface area contributed by atoms with Crippen molar-refractivity contribution in [1.82, 2.24) is 10.0 Å². The van der Waals surface area contributed by atoms with Crippen LogP contribution in [0.15, 0.2) is 29.2 Å². The molecule has 2 N–H and O–H groups in total. The minimum atomic E-state index is -3.82. The van der Waals surface area contributed by atoms with E-state index in [1.807, 2.05) is 6.92 Å². The highest BCUT2D eigenvalue weighted by molar-refractivity contribution is 7.89. The number of nitrogens with one attached hydrogen (secondary N) is 2. The van der Waals surface area contributed by atoms with Crippen molar-refractivity contribution < 1.29 is 22.7 Å². The van der Waals surface area contributed by atoms with Crippen LogP contribution in [-0.4, -0.2) is 39.5 Å². The molecule has 1 aromatic carbocycles. The first-order valence-electron chi connectivity index (χ1n) is 9.15. The third kappa shape index (κ3) is 8.55. The van der Waals surface area contributed by atoms with Gasteiger partial charge in [0.25, 0.3) is 5.91 Å². The van der Waals surface area contributed by atoms with Crippen LogP contribution < -0.4 is 10.0 Å². The van der Waals surface area contributed by atoms with Crippen molar-refractivity contribution in [2.24, 2.45) is 5.92 Å². The maximum Gasteiger partial charge on any atom is 0.338 e. The zero-order valence-corrected chi connectivity index (χ0v) is 17.3. The van der Waals surface area contributed by atoms with Crippen LogP contribution >= 0.6 is 0 Å². The summed E-state index contributed by atoms with van der Waals surface area (Å²) in [6.07, 6.45) is 7.99. The number of carbonyl (C=O) groups is 2. The fraction of sp³-hybridized carbons (Fsp3) is 0.500. The Bertz CT molecular complexity index is 812. The van der Waals surface area contributed by atoms with E-state index >= 15 is 0 Å². The first kappa shape index (κ1) is 23.7. The van der Waals surface area contributed by atoms with Gasteiger partial charge in [0.15, 0.2) is 6.61 Å². The number of hydrogen-bond donors (Lipinski definition) is 2. The van der Waals surface area contributed by atoms with Crippen LogP contribution in [0.5, 0.6) is 0 Å². The molecule has 1 rings (SSSR count). The number of ether oxygens (including phenoxy) is 1. The molecule has 1 unspecified atom stereocenters. The van der Waals surface area contributed by atoms with Crippen molar-refractivity contribution in [3.63, 3.8) is 0 Å². The standard InChI is InChI=1S/C20H28N2O5S/c1-5-12-21-28(25,26)18-11-7-10-17(13-18)20(24)27-14-19(23)22-16(4)9-6-8-15(2)3/h1,7,10-11,13,15-16,21H,6,8-9,12,14H2,2-4H3,(H,22,23). The summed E-state index contributed by atoms with van der Waals surface area (Å²) >= 11 is 0. The summed E-state index contributed by atoms with van der Waals surface area (Å²) in [5.41, 5.74) is 0.0290. The van der Waals surface area contributed by atoms with Gasteiger partial charge in [-0.1, -0.05) is 38.7 Å². The van der Waals surface area contributed by atoms with Gasteiger partial charge in [0.2, 0.25) is 10.0 Å². The average molecular weight is 409 g/mol. The molecular formula is C20H28N2O5S. The zero-order chi connectivity index (χ0) is 21.2. The van der Waals surface area contributed by atoms with Crippen molar-refractivity contribution in [1.29, 1.82) is 0 Å². The first-order chi connectivity index (χ1) is 13.2. The maximum atomic E-state index is 12.1. The molecule has 0 aromatic heterocycles. The molecule has 1 aromatic rings. The van der Waals surface area contributed by atoms with Crippen LogP contribution in [0.25, 0.3) is 0 Å². The second-order valence-electron chi connectivity index (χ2n) is 6.93. The predicted molar refractivity (Wildman–Crippen MR) is 107 cm³/mol. The smallest absolute Gasteiger partial charge is 0.338 e. The summed E-state index contributed by atoms with van der Waals surface area (Å²) in [4.78, 5) is 23.9. The Morgan fingerprint density at radius 2 is 1.93 bits per heavy atom. The molecule has 0 saturated heterocycles. The van der Waals surface area contributed by atoms with Crippen LogP contribution in [0, 0.1) is 18.3 Å². The quantitative estimate of drug-likeness (QED) is 0.431. The van der Waals surface area contributed by atoms with Crippen molar-refractivity contribution in [3.05, 3.63) is 29.8 Å². The van der Waals surface area contributed by atoms with Crippen molar-refractivity contribution >= 4 is 21.9 Å². The lowest BCUT2D eigenvalue weighted by Crippen LogP contribution is -2.35. The maximum absolute atomic E-state index is 12.1. The van der Waals surface area contributed by atoms with Crippen molar-refractivity contribution in [3.8, 4) is 12.3 Å². The summed E-state index contributed by atoms with van der Waals surface area (Å²) in [6.45, 7) is 5.60. The minimum Gasteiger partial charge on any atom is -0.452 e. The fourth-order valence-electron chi connectivity index (χ4n) is 2.45. The number of hydrogen-bond acceptors (Lipinski definition) is 5. The molecule has 0 aliphatic heterocycles. The number of esters is 1. The molecular weight excluding hydrogens is 380 g/mol. The van der Waals surface area contributed by atoms with Crippen LogP contribution in [0.2, 0.25) is 0 Å². The van der Waals surface area contributed by atoms with E-state index in [9.17, 15) is 18.0 Å². The zero-order valence-electron chi connectivity index (χ0n) is 16.5. The summed E-state index contributed by atoms with van der Waals surface area (Å²) < 4.78 is 31.3. The molecule has 0 saturated carbocycles. The lowest BCUT2D eigenvalue weighted by Gasteiger charge is -2.14. The highest BCUT2D eigenvalue weighted by Crippen LogP contribution is 2.12. The Hall–Kier alpha value is -2.37. The summed E-state index contributed by atoms with van der Waals surface area (Å²) in [5.74, 6) is 1.61. The molecule has 28 heavy (non-hydrogen) atoms. The van der Waals surface area contributed by atoms with E-state index in [2.05, 4.69) is 29.8 Å². The highest BCUT2D eigenvalue weighted by Gasteiger charge is 2.17. The third-order valence-electron chi connectivity index (χ3n) is 3.90. The molecule has 0 bridgehead atoms. The number of sulfonamides is 1. The molecule has 0 fully saturated rings. The molecule has 0 aliphatic carbocycles. The van der Waals surface area contributed by atoms with Gasteiger partial charge >= 0.3 is 5.97 Å². The van der Waals surface area contributed by atoms with Crippen LogP contribution in [0.4, 0.5) is 0 Å². The van der Waals surface area contributed by atoms with Crippen molar-refractivity contribution in [2.45, 2.75) is 51.0 Å². The van der Waals surface area contributed by atoms with Gasteiger partial charge in [-0.25, -0.2) is 13.2 Å². The van der Waals surface area contributed by atoms with Gasteiger partial charge in [-0.2, -0.15) is 4.72 Å². The van der Waals surface area contributed by atoms with Crippen LogP contribution in [0.3, 0.4) is 0 Å². The third-order valence-corrected chi connectivity index (χ3v) is 5.30. The molecule has 1 atom stereocenters. The second kappa shape index (κ2) is 11.5. The van der Waals surface area contributed by atoms with E-state index < -0.39 is 28.5 Å². The highest BCUT2D eigenvalue weighted by atomic mass is 32.2. The number of terminal acetylenes is 1. The predicted octanol–water partition coefficient (Wildman–Crippen LogP) is 2.09. The molecule has 0 aliphatic rings. The monoisotopic (exact) mass is 408 g/mol. The van der Waals surface area contributed by atoms with Gasteiger partial charge < -0.3 is 10.1 Å². The first-order valence-corrected chi connectivity index (χ1v) is 10.6. The molecule has 8 heteroatoms. The molecule has 0 spiro atoms. The van der Waals surface area contributed by atoms with Crippen molar-refractivity contribution in [2.75, 3.05) is 13.2 Å². The van der Waals surface area contributed by atoms with E-state index in [1.54, 1.807) is 0 Å². The minimum absolute atomic E-state index is 0.0133. The molecule has 0 heterocycles. The largest absolute Gasteiger partial charge is 0.452 e. The molecule has 154 valence electrons. The average Bonchev–Trinajstić information content (AvgIpc) is 2.64. The Morgan fingerprint density at radius 1 is 1.21 bits per heavy atom. The molecule has 7 nitrogen and oxygen atoms in total. The second-order valence-corrected chi connectivity index (χ2v) is 8.69. The molecule has 1 amide bonds. The number of carbonyl (C=O) groups excluding carboxylic acids is 2. The van der Waals surface area contributed by atoms with E-state index in [0.717, 1.165) is 19.3 Å². The number of benzene rings is 1. The lowest BCUT2D eigenvalue weighted by molar-refractivity contribution is -0.124. The Morgan fingerprint density at radius 3 is 2.57 bits per heavy atom. The Balaban J connectivity index is 2.56. The summed E-state index contributed by atoms with van der Waals surface area (Å²) in [7, 11) is -3.82.